The summed E-state index contributed by atoms with van der Waals surface area (Å²) in [6.07, 6.45) is -3.59. The van der Waals surface area contributed by atoms with Crippen molar-refractivity contribution in [1.29, 1.82) is 0 Å². The highest BCUT2D eigenvalue weighted by atomic mass is 35.5. The predicted molar refractivity (Wildman–Crippen MR) is 121 cm³/mol. The van der Waals surface area contributed by atoms with Crippen molar-refractivity contribution < 1.29 is 30.0 Å². The molecule has 5 atom stereocenters. The number of aliphatic hydroxyl groups is 4. The summed E-state index contributed by atoms with van der Waals surface area (Å²) in [6.45, 7) is 1.48. The van der Waals surface area contributed by atoms with E-state index in [0.29, 0.717) is 18.3 Å². The third-order valence-corrected chi connectivity index (χ3v) is 5.83. The van der Waals surface area contributed by atoms with Gasteiger partial charge in [0.1, 0.15) is 24.4 Å². The molecule has 1 heterocycles. The summed E-state index contributed by atoms with van der Waals surface area (Å²) < 4.78 is 5.54. The molecule has 1 aromatic carbocycles. The smallest absolute Gasteiger partial charge is 0.162 e. The lowest BCUT2D eigenvalue weighted by Gasteiger charge is -2.43. The number of anilines is 1. The fourth-order valence-corrected chi connectivity index (χ4v) is 4.09. The Hall–Kier alpha value is -0.680. The van der Waals surface area contributed by atoms with Crippen molar-refractivity contribution in [2.45, 2.75) is 49.9 Å². The van der Waals surface area contributed by atoms with Crippen LogP contribution in [0.3, 0.4) is 0 Å². The maximum Gasteiger partial charge on any atom is 0.162 e. The monoisotopic (exact) mass is 480 g/mol. The Morgan fingerprint density at radius 3 is 2.13 bits per heavy atom. The molecule has 10 heteroatoms. The molecule has 0 aliphatic carbocycles. The quantitative estimate of drug-likeness (QED) is 0.188. The molecule has 1 saturated heterocycles. The minimum absolute atomic E-state index is 0.455. The van der Waals surface area contributed by atoms with Gasteiger partial charge >= 0.3 is 0 Å². The van der Waals surface area contributed by atoms with Crippen LogP contribution in [-0.2, 0) is 16.0 Å². The van der Waals surface area contributed by atoms with Crippen LogP contribution in [0.2, 0.25) is 0 Å². The molecule has 1 aliphatic heterocycles. The van der Waals surface area contributed by atoms with Gasteiger partial charge < -0.3 is 30.1 Å². The minimum Gasteiger partial charge on any atom is -0.394 e. The Morgan fingerprint density at radius 2 is 1.58 bits per heavy atom. The van der Waals surface area contributed by atoms with Crippen LogP contribution in [0.15, 0.2) is 24.3 Å². The highest BCUT2D eigenvalue weighted by molar-refractivity contribution is 6.18. The van der Waals surface area contributed by atoms with Gasteiger partial charge in [-0.1, -0.05) is 12.1 Å². The van der Waals surface area contributed by atoms with Gasteiger partial charge in [0.2, 0.25) is 0 Å². The molecule has 0 saturated carbocycles. The Bertz CT molecular complexity index is 618. The zero-order valence-corrected chi connectivity index (χ0v) is 19.3. The largest absolute Gasteiger partial charge is 0.394 e. The molecule has 8 nitrogen and oxygen atoms in total. The van der Waals surface area contributed by atoms with Crippen LogP contribution >= 0.6 is 23.2 Å². The summed E-state index contributed by atoms with van der Waals surface area (Å²) in [5.41, 5.74) is 2.30. The normalized spacial score (nSPS) is 26.4. The lowest BCUT2D eigenvalue weighted by molar-refractivity contribution is -0.328. The Morgan fingerprint density at radius 1 is 0.935 bits per heavy atom. The van der Waals surface area contributed by atoms with Gasteiger partial charge in [0, 0.05) is 37.1 Å². The molecule has 0 aromatic heterocycles. The van der Waals surface area contributed by atoms with E-state index in [9.17, 15) is 20.4 Å². The van der Waals surface area contributed by atoms with Gasteiger partial charge in [-0.3, -0.25) is 4.84 Å². The number of unbranched alkanes of at least 4 members (excludes halogenated alkanes) is 1. The molecule has 31 heavy (non-hydrogen) atoms. The van der Waals surface area contributed by atoms with E-state index >= 15 is 0 Å². The molecular weight excluding hydrogens is 447 g/mol. The third kappa shape index (κ3) is 7.42. The molecule has 178 valence electrons. The van der Waals surface area contributed by atoms with E-state index < -0.39 is 37.3 Å². The highest BCUT2D eigenvalue weighted by Gasteiger charge is 2.45. The van der Waals surface area contributed by atoms with Gasteiger partial charge in [0.05, 0.1) is 13.7 Å². The maximum absolute atomic E-state index is 10.2. The molecular formula is C21H34Cl2N2O6. The van der Waals surface area contributed by atoms with E-state index in [1.165, 1.54) is 17.7 Å². The van der Waals surface area contributed by atoms with E-state index in [1.54, 1.807) is 0 Å². The van der Waals surface area contributed by atoms with Crippen LogP contribution in [-0.4, -0.2) is 101 Å². The SMILES string of the molecule is CON(CCCCc1ccc(N(CCCl)CCCl)cc1)C1O[C@@H](CO)[C@@H](O)[C@H](O)[C@@H]1O. The number of ether oxygens (including phenoxy) is 1. The molecule has 1 aliphatic rings. The van der Waals surface area contributed by atoms with Crippen LogP contribution in [0, 0.1) is 0 Å². The average molecular weight is 481 g/mol. The molecule has 1 aromatic rings. The van der Waals surface area contributed by atoms with Crippen molar-refractivity contribution in [2.75, 3.05) is 50.0 Å². The molecule has 0 bridgehead atoms. The highest BCUT2D eigenvalue weighted by Crippen LogP contribution is 2.24. The third-order valence-electron chi connectivity index (χ3n) is 5.49. The second-order valence-electron chi connectivity index (χ2n) is 7.53. The molecule has 0 amide bonds. The molecule has 2 rings (SSSR count). The number of hydrogen-bond donors (Lipinski definition) is 4. The first-order valence-electron chi connectivity index (χ1n) is 10.5. The molecule has 1 fully saturated rings. The lowest BCUT2D eigenvalue weighted by Crippen LogP contribution is -2.63. The topological polar surface area (TPSA) is 106 Å². The second kappa shape index (κ2) is 13.8. The number of nitrogens with zero attached hydrogens (tertiary/aromatic N) is 2. The van der Waals surface area contributed by atoms with Gasteiger partial charge in [0.25, 0.3) is 0 Å². The van der Waals surface area contributed by atoms with Crippen LogP contribution in [0.4, 0.5) is 5.69 Å². The van der Waals surface area contributed by atoms with Crippen molar-refractivity contribution in [1.82, 2.24) is 5.06 Å². The van der Waals surface area contributed by atoms with Gasteiger partial charge in [0.15, 0.2) is 6.23 Å². The van der Waals surface area contributed by atoms with Crippen LogP contribution in [0.25, 0.3) is 0 Å². The summed E-state index contributed by atoms with van der Waals surface area (Å²) >= 11 is 11.7. The summed E-state index contributed by atoms with van der Waals surface area (Å²) in [6, 6.07) is 8.33. The maximum atomic E-state index is 10.2. The Kier molecular flexibility index (Phi) is 11.8. The predicted octanol–water partition coefficient (Wildman–Crippen LogP) is 0.957. The number of rotatable bonds is 13. The van der Waals surface area contributed by atoms with Gasteiger partial charge in [-0.2, -0.15) is 5.06 Å². The summed E-state index contributed by atoms with van der Waals surface area (Å²) in [4.78, 5) is 7.48. The van der Waals surface area contributed by atoms with E-state index in [-0.39, 0.29) is 0 Å². The van der Waals surface area contributed by atoms with E-state index in [0.717, 1.165) is 38.0 Å². The number of hydrogen-bond acceptors (Lipinski definition) is 8. The first-order chi connectivity index (χ1) is 15.0. The van der Waals surface area contributed by atoms with Gasteiger partial charge in [-0.15, -0.1) is 23.2 Å². The van der Waals surface area contributed by atoms with Gasteiger partial charge in [-0.25, -0.2) is 0 Å². The van der Waals surface area contributed by atoms with Crippen molar-refractivity contribution >= 4 is 28.9 Å². The summed E-state index contributed by atoms with van der Waals surface area (Å²) in [5.74, 6) is 1.09. The summed E-state index contributed by atoms with van der Waals surface area (Å²) in [5, 5.41) is 40.9. The van der Waals surface area contributed by atoms with Gasteiger partial charge in [-0.05, 0) is 37.0 Å². The second-order valence-corrected chi connectivity index (χ2v) is 8.29. The van der Waals surface area contributed by atoms with E-state index in [2.05, 4.69) is 29.2 Å². The van der Waals surface area contributed by atoms with E-state index in [1.807, 2.05) is 0 Å². The zero-order chi connectivity index (χ0) is 22.8. The zero-order valence-electron chi connectivity index (χ0n) is 17.8. The lowest BCUT2D eigenvalue weighted by atomic mass is 9.98. The average Bonchev–Trinajstić information content (AvgIpc) is 2.79. The van der Waals surface area contributed by atoms with Crippen LogP contribution < -0.4 is 4.90 Å². The first-order valence-corrected chi connectivity index (χ1v) is 11.6. The summed E-state index contributed by atoms with van der Waals surface area (Å²) in [7, 11) is 1.45. The fourth-order valence-electron chi connectivity index (χ4n) is 3.69. The first kappa shape index (κ1) is 26.6. The van der Waals surface area contributed by atoms with Crippen molar-refractivity contribution in [2.24, 2.45) is 0 Å². The van der Waals surface area contributed by atoms with Crippen LogP contribution in [0.5, 0.6) is 0 Å². The van der Waals surface area contributed by atoms with Crippen LogP contribution in [0.1, 0.15) is 18.4 Å². The van der Waals surface area contributed by atoms with Crippen molar-refractivity contribution in [3.63, 3.8) is 0 Å². The van der Waals surface area contributed by atoms with Crippen molar-refractivity contribution in [3.8, 4) is 0 Å². The standard InChI is InChI=1S/C21H34Cl2N2O6/c1-30-25(21-20(29)19(28)18(27)17(14-26)31-21)11-3-2-4-15-5-7-16(8-6-15)24(12-9-22)13-10-23/h5-8,17-21,26-29H,2-4,9-14H2,1H3/t17-,18+,19-,20-,21?/m0/s1. The number of aryl methyl sites for hydroxylation is 1. The molecule has 1 unspecified atom stereocenters. The number of hydroxylamine groups is 2. The van der Waals surface area contributed by atoms with E-state index in [4.69, 9.17) is 32.8 Å². The molecule has 0 radical (unpaired) electrons. The Labute approximate surface area is 193 Å². The molecule has 4 N–H and O–H groups in total. The Balaban J connectivity index is 1.84. The van der Waals surface area contributed by atoms with Crippen molar-refractivity contribution in [3.05, 3.63) is 29.8 Å². The number of halogens is 2. The minimum atomic E-state index is -1.43. The number of alkyl halides is 2. The fraction of sp³-hybridized carbons (Fsp3) is 0.714. The molecule has 0 spiro atoms. The number of aliphatic hydroxyl groups excluding tert-OH is 4. The number of benzene rings is 1.